The number of aromatic nitrogens is 2. The molecule has 0 N–H and O–H groups in total. The molecule has 2 rings (SSSR count). The van der Waals surface area contributed by atoms with E-state index in [4.69, 9.17) is 11.6 Å². The van der Waals surface area contributed by atoms with Crippen LogP contribution in [0.15, 0.2) is 18.6 Å². The number of hydrogen-bond acceptors (Lipinski definition) is 2. The van der Waals surface area contributed by atoms with Crippen molar-refractivity contribution in [2.75, 3.05) is 0 Å². The first-order valence-corrected chi connectivity index (χ1v) is 6.62. The van der Waals surface area contributed by atoms with Gasteiger partial charge in [-0.25, -0.2) is 4.98 Å². The summed E-state index contributed by atoms with van der Waals surface area (Å²) in [6.45, 7) is 6.50. The Bertz CT molecular complexity index is 487. The Hall–Kier alpha value is -0.800. The first kappa shape index (κ1) is 11.7. The summed E-state index contributed by atoms with van der Waals surface area (Å²) < 4.78 is 2.14. The van der Waals surface area contributed by atoms with Crippen molar-refractivity contribution >= 4 is 22.9 Å². The summed E-state index contributed by atoms with van der Waals surface area (Å²) in [4.78, 5) is 6.89. The Balaban J connectivity index is 2.38. The standard InChI is InChI=1S/C12H15ClN2S/c1-8-4-12(10(3)16-8)9(2)15-7-14-6-11(15)5-13/h4,6-7,9H,5H2,1-3H3. The van der Waals surface area contributed by atoms with Crippen molar-refractivity contribution in [1.29, 1.82) is 0 Å². The molecule has 0 aromatic carbocycles. The van der Waals surface area contributed by atoms with E-state index in [9.17, 15) is 0 Å². The van der Waals surface area contributed by atoms with Crippen LogP contribution >= 0.6 is 22.9 Å². The van der Waals surface area contributed by atoms with Gasteiger partial charge in [0.05, 0.1) is 23.9 Å². The Morgan fingerprint density at radius 3 is 2.81 bits per heavy atom. The smallest absolute Gasteiger partial charge is 0.0954 e. The summed E-state index contributed by atoms with van der Waals surface area (Å²) in [6, 6.07) is 2.56. The number of halogens is 1. The third-order valence-corrected chi connectivity index (χ3v) is 4.09. The number of hydrogen-bond donors (Lipinski definition) is 0. The maximum Gasteiger partial charge on any atom is 0.0954 e. The van der Waals surface area contributed by atoms with E-state index in [1.54, 1.807) is 0 Å². The molecule has 1 unspecified atom stereocenters. The highest BCUT2D eigenvalue weighted by Crippen LogP contribution is 2.29. The summed E-state index contributed by atoms with van der Waals surface area (Å²) in [6.07, 6.45) is 3.69. The molecule has 0 radical (unpaired) electrons. The molecule has 0 amide bonds. The summed E-state index contributed by atoms with van der Waals surface area (Å²) in [5, 5.41) is 0. The summed E-state index contributed by atoms with van der Waals surface area (Å²) in [7, 11) is 0. The Kier molecular flexibility index (Phi) is 3.36. The SMILES string of the molecule is Cc1cc(C(C)n2cncc2CCl)c(C)s1. The van der Waals surface area contributed by atoms with E-state index in [2.05, 4.69) is 36.4 Å². The third kappa shape index (κ3) is 2.02. The fraction of sp³-hybridized carbons (Fsp3) is 0.417. The van der Waals surface area contributed by atoms with E-state index in [1.165, 1.54) is 15.3 Å². The van der Waals surface area contributed by atoms with Gasteiger partial charge >= 0.3 is 0 Å². The van der Waals surface area contributed by atoms with Crippen LogP contribution < -0.4 is 0 Å². The second-order valence-corrected chi connectivity index (χ2v) is 5.70. The first-order valence-electron chi connectivity index (χ1n) is 5.27. The van der Waals surface area contributed by atoms with E-state index < -0.39 is 0 Å². The predicted molar refractivity (Wildman–Crippen MR) is 69.4 cm³/mol. The Labute approximate surface area is 105 Å². The van der Waals surface area contributed by atoms with Gasteiger partial charge in [-0.05, 0) is 32.4 Å². The van der Waals surface area contributed by atoms with Crippen LogP contribution in [0.3, 0.4) is 0 Å². The second kappa shape index (κ2) is 4.60. The van der Waals surface area contributed by atoms with Gasteiger partial charge in [0.15, 0.2) is 0 Å². The number of nitrogens with zero attached hydrogens (tertiary/aromatic N) is 2. The van der Waals surface area contributed by atoms with Crippen molar-refractivity contribution in [3.05, 3.63) is 39.6 Å². The lowest BCUT2D eigenvalue weighted by Gasteiger charge is -2.15. The van der Waals surface area contributed by atoms with Crippen LogP contribution in [0, 0.1) is 13.8 Å². The molecule has 0 bridgehead atoms. The molecule has 0 saturated heterocycles. The van der Waals surface area contributed by atoms with Crippen LogP contribution in [0.2, 0.25) is 0 Å². The van der Waals surface area contributed by atoms with E-state index in [0.29, 0.717) is 11.9 Å². The molecule has 0 fully saturated rings. The van der Waals surface area contributed by atoms with Crippen LogP contribution in [0.1, 0.15) is 34.0 Å². The number of alkyl halides is 1. The fourth-order valence-electron chi connectivity index (χ4n) is 2.00. The maximum absolute atomic E-state index is 5.89. The molecule has 16 heavy (non-hydrogen) atoms. The quantitative estimate of drug-likeness (QED) is 0.760. The molecule has 0 saturated carbocycles. The highest BCUT2D eigenvalue weighted by atomic mass is 35.5. The topological polar surface area (TPSA) is 17.8 Å². The first-order chi connectivity index (χ1) is 7.63. The summed E-state index contributed by atoms with van der Waals surface area (Å²) in [5.41, 5.74) is 2.43. The van der Waals surface area contributed by atoms with E-state index in [-0.39, 0.29) is 0 Å². The van der Waals surface area contributed by atoms with Gasteiger partial charge in [0, 0.05) is 16.0 Å². The van der Waals surface area contributed by atoms with E-state index in [1.807, 2.05) is 23.9 Å². The molecule has 4 heteroatoms. The van der Waals surface area contributed by atoms with Crippen molar-refractivity contribution in [2.24, 2.45) is 0 Å². The van der Waals surface area contributed by atoms with Crippen LogP contribution in [-0.4, -0.2) is 9.55 Å². The molecule has 0 spiro atoms. The average molecular weight is 255 g/mol. The van der Waals surface area contributed by atoms with Gasteiger partial charge in [-0.1, -0.05) is 0 Å². The number of thiophene rings is 1. The zero-order valence-corrected chi connectivity index (χ0v) is 11.3. The molecule has 2 nitrogen and oxygen atoms in total. The predicted octanol–water partition coefficient (Wildman–Crippen LogP) is 3.91. The van der Waals surface area contributed by atoms with Gasteiger partial charge in [-0.3, -0.25) is 0 Å². The molecule has 0 aliphatic carbocycles. The van der Waals surface area contributed by atoms with E-state index in [0.717, 1.165) is 5.69 Å². The molecule has 2 aromatic rings. The molecule has 2 heterocycles. The lowest BCUT2D eigenvalue weighted by molar-refractivity contribution is 0.619. The fourth-order valence-corrected chi connectivity index (χ4v) is 3.22. The summed E-state index contributed by atoms with van der Waals surface area (Å²) in [5.74, 6) is 0.506. The lowest BCUT2D eigenvalue weighted by atomic mass is 10.1. The molecular formula is C12H15ClN2S. The van der Waals surface area contributed by atoms with Crippen molar-refractivity contribution in [3.8, 4) is 0 Å². The largest absolute Gasteiger partial charge is 0.326 e. The van der Waals surface area contributed by atoms with Crippen LogP contribution in [0.5, 0.6) is 0 Å². The van der Waals surface area contributed by atoms with Crippen LogP contribution in [-0.2, 0) is 5.88 Å². The minimum atomic E-state index is 0.307. The lowest BCUT2D eigenvalue weighted by Crippen LogP contribution is -2.08. The van der Waals surface area contributed by atoms with Gasteiger partial charge in [0.25, 0.3) is 0 Å². The van der Waals surface area contributed by atoms with Crippen molar-refractivity contribution in [3.63, 3.8) is 0 Å². The molecule has 2 aromatic heterocycles. The third-order valence-electron chi connectivity index (χ3n) is 2.83. The highest BCUT2D eigenvalue weighted by Gasteiger charge is 2.14. The van der Waals surface area contributed by atoms with Gasteiger partial charge in [0.1, 0.15) is 0 Å². The zero-order chi connectivity index (χ0) is 11.7. The highest BCUT2D eigenvalue weighted by molar-refractivity contribution is 7.12. The van der Waals surface area contributed by atoms with Gasteiger partial charge in [-0.15, -0.1) is 22.9 Å². The summed E-state index contributed by atoms with van der Waals surface area (Å²) >= 11 is 7.73. The van der Waals surface area contributed by atoms with Crippen molar-refractivity contribution in [1.82, 2.24) is 9.55 Å². The van der Waals surface area contributed by atoms with Crippen molar-refractivity contribution in [2.45, 2.75) is 32.7 Å². The monoisotopic (exact) mass is 254 g/mol. The van der Waals surface area contributed by atoms with Gasteiger partial charge in [0.2, 0.25) is 0 Å². The van der Waals surface area contributed by atoms with Gasteiger partial charge in [-0.2, -0.15) is 0 Å². The van der Waals surface area contributed by atoms with Crippen molar-refractivity contribution < 1.29 is 0 Å². The normalized spacial score (nSPS) is 13.0. The molecule has 1 atom stereocenters. The molecule has 0 aliphatic heterocycles. The second-order valence-electron chi connectivity index (χ2n) is 3.97. The number of rotatable bonds is 3. The van der Waals surface area contributed by atoms with E-state index >= 15 is 0 Å². The minimum absolute atomic E-state index is 0.307. The zero-order valence-electron chi connectivity index (χ0n) is 9.70. The number of aryl methyl sites for hydroxylation is 2. The van der Waals surface area contributed by atoms with Gasteiger partial charge < -0.3 is 4.57 Å². The molecular weight excluding hydrogens is 240 g/mol. The Morgan fingerprint density at radius 2 is 2.25 bits per heavy atom. The van der Waals surface area contributed by atoms with Crippen LogP contribution in [0.4, 0.5) is 0 Å². The molecule has 86 valence electrons. The number of imidazole rings is 1. The minimum Gasteiger partial charge on any atom is -0.326 e. The average Bonchev–Trinajstić information content (AvgIpc) is 2.83. The maximum atomic E-state index is 5.89. The Morgan fingerprint density at radius 1 is 1.50 bits per heavy atom. The molecule has 0 aliphatic rings. The van der Waals surface area contributed by atoms with Crippen LogP contribution in [0.25, 0.3) is 0 Å².